The van der Waals surface area contributed by atoms with Gasteiger partial charge in [-0.15, -0.1) is 0 Å². The highest BCUT2D eigenvalue weighted by Gasteiger charge is 2.25. The Labute approximate surface area is 205 Å². The number of alkyl halides is 2. The van der Waals surface area contributed by atoms with Crippen molar-refractivity contribution in [1.29, 1.82) is 5.26 Å². The van der Waals surface area contributed by atoms with E-state index >= 15 is 0 Å². The molecule has 2 aromatic heterocycles. The van der Waals surface area contributed by atoms with Crippen LogP contribution in [0.1, 0.15) is 47.8 Å². The number of benzene rings is 2. The summed E-state index contributed by atoms with van der Waals surface area (Å²) in [5, 5.41) is 19.8. The molecule has 0 aliphatic carbocycles. The summed E-state index contributed by atoms with van der Waals surface area (Å²) in [6.07, 6.45) is 3.28. The van der Waals surface area contributed by atoms with Gasteiger partial charge in [-0.05, 0) is 50.1 Å². The average molecular weight is 491 g/mol. The average Bonchev–Trinajstić information content (AvgIpc) is 3.15. The molecule has 4 aromatic rings. The first-order valence-electron chi connectivity index (χ1n) is 11.3. The Morgan fingerprint density at radius 1 is 1.14 bits per heavy atom. The van der Waals surface area contributed by atoms with Crippen LogP contribution in [0.4, 0.5) is 8.78 Å². The Morgan fingerprint density at radius 3 is 2.56 bits per heavy atom. The fourth-order valence-corrected chi connectivity index (χ4v) is 4.43. The van der Waals surface area contributed by atoms with E-state index in [2.05, 4.69) is 21.0 Å². The molecule has 0 fully saturated rings. The Morgan fingerprint density at radius 2 is 1.89 bits per heavy atom. The first-order valence-corrected chi connectivity index (χ1v) is 11.3. The summed E-state index contributed by atoms with van der Waals surface area (Å²) in [5.41, 5.74) is 3.68. The summed E-state index contributed by atoms with van der Waals surface area (Å²) in [6, 6.07) is 9.37. The van der Waals surface area contributed by atoms with Crippen LogP contribution in [0.25, 0.3) is 22.2 Å². The largest absolute Gasteiger partial charge is 0.434 e. The van der Waals surface area contributed by atoms with Crippen LogP contribution >= 0.6 is 0 Å². The van der Waals surface area contributed by atoms with E-state index in [1.165, 1.54) is 0 Å². The quantitative estimate of drug-likeness (QED) is 0.445. The minimum atomic E-state index is -3.01. The number of imidazole rings is 1. The number of ether oxygens (including phenoxy) is 2. The standard InChI is InChI=1S/C26H23F2N5O3/c1-14-6-16(8-29)19-12-35-13-22-32-20-5-4-15(17-9-30-24(31-10-17)26(2,3)34)7-21(20)33(22)11-18(19)23(14)36-25(27)28/h4-7,9-10,25,34H,11-13H2,1-3H3. The molecule has 0 saturated heterocycles. The molecule has 1 N–H and O–H groups in total. The number of aromatic nitrogens is 4. The topological polar surface area (TPSA) is 106 Å². The van der Waals surface area contributed by atoms with Crippen molar-refractivity contribution in [3.8, 4) is 22.9 Å². The predicted molar refractivity (Wildman–Crippen MR) is 126 cm³/mol. The van der Waals surface area contributed by atoms with Gasteiger partial charge >= 0.3 is 6.61 Å². The Balaban J connectivity index is 1.64. The third-order valence-corrected chi connectivity index (χ3v) is 6.16. The first-order chi connectivity index (χ1) is 17.2. The lowest BCUT2D eigenvalue weighted by molar-refractivity contribution is -0.0511. The zero-order valence-electron chi connectivity index (χ0n) is 19.9. The first kappa shape index (κ1) is 23.8. The van der Waals surface area contributed by atoms with Crippen molar-refractivity contribution < 1.29 is 23.4 Å². The summed E-state index contributed by atoms with van der Waals surface area (Å²) in [5.74, 6) is 0.985. The normalized spacial score (nSPS) is 13.6. The molecule has 184 valence electrons. The van der Waals surface area contributed by atoms with Gasteiger partial charge in [-0.2, -0.15) is 14.0 Å². The summed E-state index contributed by atoms with van der Waals surface area (Å²) >= 11 is 0. The number of hydrogen-bond donors (Lipinski definition) is 1. The van der Waals surface area contributed by atoms with Gasteiger partial charge < -0.3 is 19.1 Å². The molecule has 3 heterocycles. The molecule has 5 rings (SSSR count). The van der Waals surface area contributed by atoms with E-state index < -0.39 is 12.2 Å². The molecule has 0 saturated carbocycles. The molecule has 0 bridgehead atoms. The van der Waals surface area contributed by atoms with E-state index in [0.29, 0.717) is 39.4 Å². The van der Waals surface area contributed by atoms with Crippen molar-refractivity contribution >= 4 is 11.0 Å². The number of fused-ring (bicyclic) bond motifs is 4. The van der Waals surface area contributed by atoms with Crippen LogP contribution in [-0.4, -0.2) is 31.2 Å². The summed E-state index contributed by atoms with van der Waals surface area (Å²) in [6.45, 7) is 2.31. The van der Waals surface area contributed by atoms with E-state index in [-0.39, 0.29) is 25.5 Å². The van der Waals surface area contributed by atoms with E-state index in [0.717, 1.165) is 16.6 Å². The van der Waals surface area contributed by atoms with Gasteiger partial charge in [0.05, 0.1) is 35.8 Å². The summed E-state index contributed by atoms with van der Waals surface area (Å²) < 4.78 is 39.2. The van der Waals surface area contributed by atoms with Crippen molar-refractivity contribution in [2.75, 3.05) is 0 Å². The third kappa shape index (κ3) is 4.27. The number of rotatable bonds is 4. The molecule has 0 spiro atoms. The fourth-order valence-electron chi connectivity index (χ4n) is 4.43. The molecule has 0 unspecified atom stereocenters. The molecule has 1 aliphatic heterocycles. The minimum Gasteiger partial charge on any atom is -0.434 e. The number of halogens is 2. The summed E-state index contributed by atoms with van der Waals surface area (Å²) in [7, 11) is 0. The minimum absolute atomic E-state index is 0.0454. The lowest BCUT2D eigenvalue weighted by Gasteiger charge is -2.22. The fraction of sp³-hybridized carbons (Fsp3) is 0.308. The van der Waals surface area contributed by atoms with Crippen molar-refractivity contribution in [1.82, 2.24) is 19.5 Å². The van der Waals surface area contributed by atoms with E-state index in [1.54, 1.807) is 39.2 Å². The van der Waals surface area contributed by atoms with Crippen LogP contribution in [0.3, 0.4) is 0 Å². The highest BCUT2D eigenvalue weighted by molar-refractivity contribution is 5.82. The number of hydrogen-bond acceptors (Lipinski definition) is 7. The molecule has 0 amide bonds. The zero-order valence-corrected chi connectivity index (χ0v) is 19.9. The smallest absolute Gasteiger partial charge is 0.387 e. The lowest BCUT2D eigenvalue weighted by atomic mass is 9.96. The molecule has 0 atom stereocenters. The lowest BCUT2D eigenvalue weighted by Crippen LogP contribution is -2.19. The van der Waals surface area contributed by atoms with Crippen LogP contribution in [0, 0.1) is 18.3 Å². The molecule has 8 nitrogen and oxygen atoms in total. The maximum absolute atomic E-state index is 13.3. The highest BCUT2D eigenvalue weighted by atomic mass is 19.3. The van der Waals surface area contributed by atoms with Gasteiger partial charge in [0.1, 0.15) is 23.8 Å². The van der Waals surface area contributed by atoms with E-state index in [4.69, 9.17) is 9.47 Å². The van der Waals surface area contributed by atoms with Gasteiger partial charge in [-0.1, -0.05) is 6.07 Å². The van der Waals surface area contributed by atoms with Crippen molar-refractivity contribution in [3.05, 3.63) is 70.6 Å². The molecule has 1 aliphatic rings. The van der Waals surface area contributed by atoms with Crippen molar-refractivity contribution in [2.45, 2.75) is 52.7 Å². The maximum atomic E-state index is 13.3. The second kappa shape index (κ2) is 8.93. The summed E-state index contributed by atoms with van der Waals surface area (Å²) in [4.78, 5) is 13.3. The SMILES string of the molecule is Cc1cc(C#N)c2c(c1OC(F)F)Cn1c(nc3ccc(-c4cnc(C(C)(C)O)nc4)cc31)COC2. The Kier molecular flexibility index (Phi) is 5.90. The Bertz CT molecular complexity index is 1500. The number of aryl methyl sites for hydroxylation is 1. The molecular weight excluding hydrogens is 468 g/mol. The molecule has 0 radical (unpaired) electrons. The van der Waals surface area contributed by atoms with Crippen LogP contribution < -0.4 is 4.74 Å². The van der Waals surface area contributed by atoms with Gasteiger partial charge in [-0.3, -0.25) is 0 Å². The number of aliphatic hydroxyl groups is 1. The van der Waals surface area contributed by atoms with Gasteiger partial charge in [0, 0.05) is 29.1 Å². The van der Waals surface area contributed by atoms with Gasteiger partial charge in [0.25, 0.3) is 0 Å². The molecule has 2 aromatic carbocycles. The van der Waals surface area contributed by atoms with Crippen LogP contribution in [0.5, 0.6) is 5.75 Å². The highest BCUT2D eigenvalue weighted by Crippen LogP contribution is 2.35. The van der Waals surface area contributed by atoms with E-state index in [1.807, 2.05) is 22.8 Å². The number of nitrogens with zero attached hydrogens (tertiary/aromatic N) is 5. The van der Waals surface area contributed by atoms with Crippen LogP contribution in [0.2, 0.25) is 0 Å². The van der Waals surface area contributed by atoms with Gasteiger partial charge in [-0.25, -0.2) is 15.0 Å². The van der Waals surface area contributed by atoms with Crippen molar-refractivity contribution in [3.63, 3.8) is 0 Å². The van der Waals surface area contributed by atoms with Gasteiger partial charge in [0.15, 0.2) is 5.82 Å². The monoisotopic (exact) mass is 491 g/mol. The third-order valence-electron chi connectivity index (χ3n) is 6.16. The van der Waals surface area contributed by atoms with E-state index in [9.17, 15) is 19.1 Å². The van der Waals surface area contributed by atoms with Crippen LogP contribution in [0.15, 0.2) is 36.7 Å². The van der Waals surface area contributed by atoms with Gasteiger partial charge in [0.2, 0.25) is 0 Å². The van der Waals surface area contributed by atoms with Crippen molar-refractivity contribution in [2.24, 2.45) is 0 Å². The maximum Gasteiger partial charge on any atom is 0.387 e. The second-order valence-electron chi connectivity index (χ2n) is 9.18. The number of nitriles is 1. The molecular formula is C26H23F2N5O3. The zero-order chi connectivity index (χ0) is 25.6. The second-order valence-corrected chi connectivity index (χ2v) is 9.18. The molecule has 36 heavy (non-hydrogen) atoms. The predicted octanol–water partition coefficient (Wildman–Crippen LogP) is 4.58. The Hall–Kier alpha value is -3.94. The molecule has 10 heteroatoms. The van der Waals surface area contributed by atoms with Crippen LogP contribution in [-0.2, 0) is 30.1 Å².